The molecule has 11 rings (SSSR count). The quantitative estimate of drug-likeness (QED) is 0.0855. The second kappa shape index (κ2) is 17.6. The molecule has 0 bridgehead atoms. The molecule has 5 nitrogen and oxygen atoms in total. The Morgan fingerprint density at radius 3 is 1.91 bits per heavy atom. The van der Waals surface area contributed by atoms with E-state index in [1.165, 1.54) is 60.1 Å². The monoisotopic (exact) mass is 849 g/mol. The maximum atomic E-state index is 9.21. The van der Waals surface area contributed by atoms with E-state index >= 15 is 0 Å². The zero-order chi connectivity index (χ0) is 44.4. The molecule has 0 spiro atoms. The van der Waals surface area contributed by atoms with Crippen molar-refractivity contribution in [3.63, 3.8) is 0 Å². The van der Waals surface area contributed by atoms with Crippen molar-refractivity contribution in [1.29, 1.82) is 5.41 Å². The Labute approximate surface area is 384 Å². The first-order valence-corrected chi connectivity index (χ1v) is 22.6. The summed E-state index contributed by atoms with van der Waals surface area (Å²) in [6.45, 7) is 2.65. The number of aromatic nitrogens is 2. The lowest BCUT2D eigenvalue weighted by Crippen LogP contribution is -2.30. The summed E-state index contributed by atoms with van der Waals surface area (Å²) in [5.41, 5.74) is 12.3. The molecule has 0 aliphatic heterocycles. The predicted molar refractivity (Wildman–Crippen MR) is 279 cm³/mol. The van der Waals surface area contributed by atoms with Crippen molar-refractivity contribution in [2.75, 3.05) is 0 Å². The summed E-state index contributed by atoms with van der Waals surface area (Å²) < 4.78 is 4.70. The number of amidine groups is 2. The van der Waals surface area contributed by atoms with Gasteiger partial charge >= 0.3 is 0 Å². The molecule has 0 radical (unpaired) electrons. The molecule has 10 aromatic rings. The van der Waals surface area contributed by atoms with Crippen LogP contribution in [0.2, 0.25) is 0 Å². The molecule has 8 aromatic carbocycles. The van der Waals surface area contributed by atoms with Crippen LogP contribution < -0.4 is 10.4 Å². The summed E-state index contributed by atoms with van der Waals surface area (Å²) in [7, 11) is 0. The van der Waals surface area contributed by atoms with Gasteiger partial charge in [-0.05, 0) is 106 Å². The first-order valence-electron chi connectivity index (χ1n) is 22.6. The molecule has 1 aliphatic rings. The van der Waals surface area contributed by atoms with Crippen LogP contribution in [0.4, 0.5) is 0 Å². The summed E-state index contributed by atoms with van der Waals surface area (Å²) in [5, 5.41) is 16.5. The van der Waals surface area contributed by atoms with Crippen molar-refractivity contribution in [2.45, 2.75) is 19.9 Å². The molecule has 0 amide bonds. The zero-order valence-corrected chi connectivity index (χ0v) is 36.7. The first-order chi connectivity index (χ1) is 32.6. The lowest BCUT2D eigenvalue weighted by Gasteiger charge is -2.14. The van der Waals surface area contributed by atoms with Crippen molar-refractivity contribution in [3.05, 3.63) is 234 Å². The van der Waals surface area contributed by atoms with E-state index in [0.717, 1.165) is 39.5 Å². The molecule has 5 heteroatoms. The average Bonchev–Trinajstić information content (AvgIpc) is 3.88. The topological polar surface area (TPSA) is 58.4 Å². The van der Waals surface area contributed by atoms with Gasteiger partial charge in [-0.3, -0.25) is 5.41 Å². The average molecular weight is 850 g/mol. The third-order valence-electron chi connectivity index (χ3n) is 12.8. The van der Waals surface area contributed by atoms with E-state index in [1.807, 2.05) is 25.3 Å². The summed E-state index contributed by atoms with van der Waals surface area (Å²) in [6, 6.07) is 68.8. The fourth-order valence-corrected chi connectivity index (χ4v) is 9.44. The number of hydrogen-bond acceptors (Lipinski definition) is 1. The number of nitrogens with zero attached hydrogens (tertiary/aromatic N) is 4. The minimum Gasteiger partial charge on any atom is -0.337 e. The predicted octanol–water partition coefficient (Wildman–Crippen LogP) is 13.5. The van der Waals surface area contributed by atoms with Gasteiger partial charge in [0.25, 0.3) is 0 Å². The molecule has 0 saturated heterocycles. The Hall–Kier alpha value is -8.41. The second-order valence-corrected chi connectivity index (χ2v) is 17.0. The van der Waals surface area contributed by atoms with E-state index in [9.17, 15) is 5.41 Å². The number of hydrogen-bond donors (Lipinski definition) is 1. The van der Waals surface area contributed by atoms with E-state index < -0.39 is 0 Å². The summed E-state index contributed by atoms with van der Waals surface area (Å²) in [5.74, 6) is 0.716. The summed E-state index contributed by atoms with van der Waals surface area (Å²) in [6.07, 6.45) is 13.3. The Balaban J connectivity index is 0.892. The number of fused-ring (bicyclic) bond motifs is 7. The van der Waals surface area contributed by atoms with Crippen LogP contribution in [-0.2, 0) is 6.54 Å². The van der Waals surface area contributed by atoms with Gasteiger partial charge in [0.2, 0.25) is 0 Å². The normalized spacial score (nSPS) is 14.3. The summed E-state index contributed by atoms with van der Waals surface area (Å²) >= 11 is 0. The molecule has 316 valence electrons. The summed E-state index contributed by atoms with van der Waals surface area (Å²) in [4.78, 5) is 10.1. The van der Waals surface area contributed by atoms with E-state index in [1.54, 1.807) is 0 Å². The van der Waals surface area contributed by atoms with Gasteiger partial charge in [-0.1, -0.05) is 176 Å². The standard InChI is InChI=1S/C61H47N5/c1-42(17-14-15-36-65-56-28-12-10-26-52(56)54-39-48(32-34-57(54)65)44-19-4-2-5-20-44)60(62)64-61(50-31-30-46-23-8-9-24-47(46)38-50)63-41-43-18-16-25-51(37-43)66-58-29-13-11-27-53(58)55-40-49(33-35-59(55)66)45-21-6-3-7-22-45/h2-30,32-35,37-41,50,62H,31,36H2,1H3/b15-14-,42-17+,62-60?,63-41?,64-61?. The zero-order valence-electron chi connectivity index (χ0n) is 36.7. The number of para-hydroxylation sites is 2. The molecule has 1 unspecified atom stereocenters. The molecule has 1 N–H and O–H groups in total. The Morgan fingerprint density at radius 1 is 0.576 bits per heavy atom. The minimum absolute atomic E-state index is 0.0862. The van der Waals surface area contributed by atoms with Crippen LogP contribution in [-0.4, -0.2) is 27.0 Å². The van der Waals surface area contributed by atoms with E-state index in [-0.39, 0.29) is 11.8 Å². The maximum Gasteiger partial charge on any atom is 0.149 e. The van der Waals surface area contributed by atoms with Gasteiger partial charge < -0.3 is 9.13 Å². The van der Waals surface area contributed by atoms with Gasteiger partial charge in [0.1, 0.15) is 11.7 Å². The highest BCUT2D eigenvalue weighted by atomic mass is 15.0. The van der Waals surface area contributed by atoms with Crippen molar-refractivity contribution in [1.82, 2.24) is 9.13 Å². The fourth-order valence-electron chi connectivity index (χ4n) is 9.44. The van der Waals surface area contributed by atoms with Crippen molar-refractivity contribution in [2.24, 2.45) is 15.9 Å². The highest BCUT2D eigenvalue weighted by Crippen LogP contribution is 2.36. The SMILES string of the molecule is C/C(=C\C=C/Cn1c2ccccc2c2cc(-c3ccccc3)ccc21)C(=N)N=C(N=Cc1cccc(-n2c3ccccc3c3cc(-c4ccccc4)ccc32)c1)C1C=c2ccccc2=CC1. The van der Waals surface area contributed by atoms with Gasteiger partial charge in [-0.25, -0.2) is 9.98 Å². The maximum absolute atomic E-state index is 9.21. The van der Waals surface area contributed by atoms with Crippen LogP contribution in [0.1, 0.15) is 18.9 Å². The Kier molecular flexibility index (Phi) is 10.8. The van der Waals surface area contributed by atoms with Crippen LogP contribution in [0.25, 0.3) is 83.7 Å². The van der Waals surface area contributed by atoms with Crippen LogP contribution in [0.15, 0.2) is 228 Å². The molecular weight excluding hydrogens is 803 g/mol. The molecule has 1 atom stereocenters. The molecule has 0 fully saturated rings. The number of allylic oxidation sites excluding steroid dienone is 3. The largest absolute Gasteiger partial charge is 0.337 e. The molecule has 2 heterocycles. The highest BCUT2D eigenvalue weighted by Gasteiger charge is 2.17. The minimum atomic E-state index is -0.0862. The van der Waals surface area contributed by atoms with Crippen molar-refractivity contribution in [3.8, 4) is 27.9 Å². The van der Waals surface area contributed by atoms with Gasteiger partial charge in [-0.15, -0.1) is 0 Å². The van der Waals surface area contributed by atoms with Crippen LogP contribution in [0, 0.1) is 11.3 Å². The van der Waals surface area contributed by atoms with E-state index in [4.69, 9.17) is 9.98 Å². The lowest BCUT2D eigenvalue weighted by atomic mass is 9.96. The molecule has 2 aromatic heterocycles. The Morgan fingerprint density at radius 2 is 1.17 bits per heavy atom. The smallest absolute Gasteiger partial charge is 0.149 e. The number of nitrogens with one attached hydrogen (secondary N) is 1. The van der Waals surface area contributed by atoms with Crippen LogP contribution in [0.3, 0.4) is 0 Å². The number of aliphatic imine (C=N–C) groups is 2. The highest BCUT2D eigenvalue weighted by molar-refractivity contribution is 6.12. The van der Waals surface area contributed by atoms with Gasteiger partial charge in [0.05, 0.1) is 11.0 Å². The molecule has 0 saturated carbocycles. The number of benzene rings is 8. The molecular formula is C61H47N5. The van der Waals surface area contributed by atoms with Crippen molar-refractivity contribution < 1.29 is 0 Å². The first kappa shape index (κ1) is 40.4. The van der Waals surface area contributed by atoms with Crippen LogP contribution in [0.5, 0.6) is 0 Å². The van der Waals surface area contributed by atoms with E-state index in [2.05, 4.69) is 221 Å². The Bertz CT molecular complexity index is 3730. The third kappa shape index (κ3) is 7.82. The van der Waals surface area contributed by atoms with Gasteiger partial charge in [0.15, 0.2) is 0 Å². The third-order valence-corrected chi connectivity index (χ3v) is 12.8. The lowest BCUT2D eigenvalue weighted by molar-refractivity contribution is 0.899. The van der Waals surface area contributed by atoms with Crippen LogP contribution >= 0.6 is 0 Å². The van der Waals surface area contributed by atoms with E-state index in [0.29, 0.717) is 12.4 Å². The number of rotatable bonds is 9. The van der Waals surface area contributed by atoms with Crippen molar-refractivity contribution >= 4 is 73.6 Å². The second-order valence-electron chi connectivity index (χ2n) is 17.0. The molecule has 1 aliphatic carbocycles. The van der Waals surface area contributed by atoms with Gasteiger partial charge in [0, 0.05) is 56.9 Å². The fraction of sp³-hybridized carbons (Fsp3) is 0.0656. The molecule has 66 heavy (non-hydrogen) atoms. The van der Waals surface area contributed by atoms with Gasteiger partial charge in [-0.2, -0.15) is 0 Å².